The molecule has 1 saturated carbocycles. The lowest BCUT2D eigenvalue weighted by Crippen LogP contribution is -2.51. The van der Waals surface area contributed by atoms with Crippen molar-refractivity contribution < 1.29 is 4.74 Å². The summed E-state index contributed by atoms with van der Waals surface area (Å²) >= 11 is 0. The van der Waals surface area contributed by atoms with Crippen molar-refractivity contribution in [1.82, 2.24) is 19.8 Å². The van der Waals surface area contributed by atoms with Crippen LogP contribution in [0.15, 0.2) is 48.7 Å². The van der Waals surface area contributed by atoms with Gasteiger partial charge in [0.1, 0.15) is 12.4 Å². The molecule has 0 N–H and O–H groups in total. The molecule has 2 fully saturated rings. The van der Waals surface area contributed by atoms with Gasteiger partial charge in [0.25, 0.3) is 0 Å². The molecule has 0 bridgehead atoms. The van der Waals surface area contributed by atoms with Crippen molar-refractivity contribution >= 4 is 22.3 Å². The molecule has 8 nitrogen and oxygen atoms in total. The molecule has 3 heterocycles. The number of hydrogen-bond donors (Lipinski definition) is 0. The average Bonchev–Trinajstić information content (AvgIpc) is 3.78. The number of benzene rings is 2. The third-order valence-corrected chi connectivity index (χ3v) is 9.20. The number of nitriles is 1. The number of likely N-dealkylation sites (N-methyl/N-ethyl adjacent to an activating group) is 1. The molecule has 1 aromatic heterocycles. The number of allylic oxidation sites excluding steroid dienone is 1. The molecule has 1 saturated heterocycles. The fourth-order valence-electron chi connectivity index (χ4n) is 6.49. The Hall–Kier alpha value is -3.83. The van der Waals surface area contributed by atoms with Crippen molar-refractivity contribution in [2.24, 2.45) is 0 Å². The predicted octanol–water partition coefficient (Wildman–Crippen LogP) is 4.91. The zero-order valence-corrected chi connectivity index (χ0v) is 24.8. The Kier molecular flexibility index (Phi) is 7.48. The Morgan fingerprint density at radius 2 is 1.90 bits per heavy atom. The zero-order chi connectivity index (χ0) is 28.6. The highest BCUT2D eigenvalue weighted by molar-refractivity contribution is 5.97. The molecule has 2 aliphatic heterocycles. The van der Waals surface area contributed by atoms with Crippen LogP contribution in [0.5, 0.6) is 6.01 Å². The molecular weight excluding hydrogens is 510 g/mol. The maximum absolute atomic E-state index is 9.55. The van der Waals surface area contributed by atoms with Gasteiger partial charge < -0.3 is 24.3 Å². The van der Waals surface area contributed by atoms with Gasteiger partial charge in [-0.25, -0.2) is 0 Å². The molecule has 214 valence electrons. The van der Waals surface area contributed by atoms with Crippen molar-refractivity contribution in [2.75, 3.05) is 56.7 Å². The monoisotopic (exact) mass is 551 g/mol. The highest BCUT2D eigenvalue weighted by atomic mass is 16.5. The van der Waals surface area contributed by atoms with Crippen LogP contribution in [-0.2, 0) is 13.0 Å². The van der Waals surface area contributed by atoms with E-state index in [1.807, 2.05) is 6.92 Å². The van der Waals surface area contributed by atoms with Gasteiger partial charge in [-0.05, 0) is 70.4 Å². The van der Waals surface area contributed by atoms with E-state index in [0.717, 1.165) is 57.0 Å². The Balaban J connectivity index is 1.35. The summed E-state index contributed by atoms with van der Waals surface area (Å²) in [5.41, 5.74) is 4.89. The summed E-state index contributed by atoms with van der Waals surface area (Å²) in [6.07, 6.45) is 7.79. The quantitative estimate of drug-likeness (QED) is 0.391. The Labute approximate surface area is 243 Å². The van der Waals surface area contributed by atoms with Crippen LogP contribution in [0.25, 0.3) is 10.8 Å². The van der Waals surface area contributed by atoms with E-state index >= 15 is 0 Å². The van der Waals surface area contributed by atoms with E-state index in [-0.39, 0.29) is 11.6 Å². The number of rotatable bonds is 8. The van der Waals surface area contributed by atoms with Gasteiger partial charge in [-0.1, -0.05) is 36.4 Å². The molecule has 2 aromatic carbocycles. The first kappa shape index (κ1) is 27.3. The summed E-state index contributed by atoms with van der Waals surface area (Å²) in [5, 5.41) is 12.1. The molecule has 6 rings (SSSR count). The highest BCUT2D eigenvalue weighted by Crippen LogP contribution is 2.41. The topological polar surface area (TPSA) is 71.8 Å². The highest BCUT2D eigenvalue weighted by Gasteiger charge is 2.46. The van der Waals surface area contributed by atoms with Gasteiger partial charge in [0.2, 0.25) is 0 Å². The van der Waals surface area contributed by atoms with E-state index in [1.54, 1.807) is 0 Å². The van der Waals surface area contributed by atoms with Crippen molar-refractivity contribution in [1.29, 1.82) is 5.26 Å². The van der Waals surface area contributed by atoms with Gasteiger partial charge >= 0.3 is 6.01 Å². The summed E-state index contributed by atoms with van der Waals surface area (Å²) in [4.78, 5) is 19.5. The summed E-state index contributed by atoms with van der Waals surface area (Å²) in [6.45, 7) is 8.91. The third kappa shape index (κ3) is 5.31. The molecule has 8 heteroatoms. The summed E-state index contributed by atoms with van der Waals surface area (Å²) in [6, 6.07) is 16.1. The van der Waals surface area contributed by atoms with E-state index in [2.05, 4.69) is 95.4 Å². The molecule has 1 aliphatic carbocycles. The smallest absolute Gasteiger partial charge is 0.318 e. The van der Waals surface area contributed by atoms with Crippen LogP contribution in [-0.4, -0.2) is 78.2 Å². The number of nitrogens with zero attached hydrogens (tertiary/aromatic N) is 7. The van der Waals surface area contributed by atoms with Crippen molar-refractivity contribution in [3.63, 3.8) is 0 Å². The third-order valence-electron chi connectivity index (χ3n) is 9.20. The van der Waals surface area contributed by atoms with Crippen LogP contribution in [0.4, 0.5) is 11.5 Å². The van der Waals surface area contributed by atoms with Gasteiger partial charge in [0.15, 0.2) is 0 Å². The summed E-state index contributed by atoms with van der Waals surface area (Å²) in [5.74, 6) is 0.983. The van der Waals surface area contributed by atoms with E-state index < -0.39 is 0 Å². The second-order valence-electron chi connectivity index (χ2n) is 12.0. The van der Waals surface area contributed by atoms with Crippen molar-refractivity contribution in [2.45, 2.75) is 57.7 Å². The van der Waals surface area contributed by atoms with E-state index in [0.29, 0.717) is 25.6 Å². The molecular formula is C33H41N7O. The summed E-state index contributed by atoms with van der Waals surface area (Å²) in [7, 11) is 4.25. The Morgan fingerprint density at radius 3 is 2.63 bits per heavy atom. The average molecular weight is 552 g/mol. The molecule has 1 unspecified atom stereocenters. The predicted molar refractivity (Wildman–Crippen MR) is 164 cm³/mol. The second kappa shape index (κ2) is 11.2. The van der Waals surface area contributed by atoms with Crippen LogP contribution in [0.2, 0.25) is 0 Å². The molecule has 3 aliphatic rings. The number of aromatic nitrogens is 2. The van der Waals surface area contributed by atoms with Gasteiger partial charge in [-0.2, -0.15) is 15.2 Å². The van der Waals surface area contributed by atoms with Crippen LogP contribution in [0.1, 0.15) is 43.0 Å². The minimum absolute atomic E-state index is 0.0853. The number of anilines is 2. The fraction of sp³-hybridized carbons (Fsp3) is 0.485. The lowest BCUT2D eigenvalue weighted by Gasteiger charge is -2.42. The van der Waals surface area contributed by atoms with Gasteiger partial charge in [0, 0.05) is 42.8 Å². The molecule has 0 radical (unpaired) electrons. The molecule has 0 spiro atoms. The maximum Gasteiger partial charge on any atom is 0.318 e. The SMILES string of the molecule is CC=CN1CCN(c2nc(OCC3(N(C)C)CC3)nc3c2CCN(c2cccc4cccc(C)c24)C3)CC1CC#N. The van der Waals surface area contributed by atoms with Gasteiger partial charge in [-0.15, -0.1) is 0 Å². The van der Waals surface area contributed by atoms with Gasteiger partial charge in [-0.3, -0.25) is 0 Å². The van der Waals surface area contributed by atoms with Crippen LogP contribution in [0, 0.1) is 18.3 Å². The van der Waals surface area contributed by atoms with E-state index in [4.69, 9.17) is 14.7 Å². The summed E-state index contributed by atoms with van der Waals surface area (Å²) < 4.78 is 6.37. The lowest BCUT2D eigenvalue weighted by molar-refractivity contribution is 0.158. The number of piperazine rings is 1. The Bertz CT molecular complexity index is 1480. The van der Waals surface area contributed by atoms with E-state index in [1.165, 1.54) is 27.6 Å². The standard InChI is InChI=1S/C33H41N7O/c1-5-17-38-19-20-40(21-26(38)12-16-34)31-27-13-18-39(29-11-7-10-25-9-6-8-24(2)30(25)29)22-28(27)35-32(36-31)41-23-33(14-15-33)37(3)4/h5-11,17,26H,12-15,18-23H2,1-4H3. The Morgan fingerprint density at radius 1 is 1.10 bits per heavy atom. The van der Waals surface area contributed by atoms with Crippen LogP contribution >= 0.6 is 0 Å². The normalized spacial score (nSPS) is 20.0. The second-order valence-corrected chi connectivity index (χ2v) is 12.0. The van der Waals surface area contributed by atoms with Gasteiger partial charge in [0.05, 0.1) is 36.3 Å². The minimum atomic E-state index is 0.0853. The maximum atomic E-state index is 9.55. The number of ether oxygens (including phenoxy) is 1. The van der Waals surface area contributed by atoms with Crippen LogP contribution in [0.3, 0.4) is 0 Å². The lowest BCUT2D eigenvalue weighted by atomic mass is 9.99. The molecule has 3 aromatic rings. The zero-order valence-electron chi connectivity index (χ0n) is 24.8. The molecule has 1 atom stereocenters. The van der Waals surface area contributed by atoms with Crippen LogP contribution < -0.4 is 14.5 Å². The minimum Gasteiger partial charge on any atom is -0.461 e. The molecule has 41 heavy (non-hydrogen) atoms. The van der Waals surface area contributed by atoms with E-state index in [9.17, 15) is 5.26 Å². The van der Waals surface area contributed by atoms with Crippen molar-refractivity contribution in [3.05, 3.63) is 65.5 Å². The first-order valence-electron chi connectivity index (χ1n) is 14.9. The van der Waals surface area contributed by atoms with Crippen molar-refractivity contribution in [3.8, 4) is 12.1 Å². The fourth-order valence-corrected chi connectivity index (χ4v) is 6.49. The number of hydrogen-bond acceptors (Lipinski definition) is 8. The first-order valence-corrected chi connectivity index (χ1v) is 14.9. The number of fused-ring (bicyclic) bond motifs is 2. The number of aryl methyl sites for hydroxylation is 1. The first-order chi connectivity index (χ1) is 19.9. The largest absolute Gasteiger partial charge is 0.461 e. The molecule has 0 amide bonds.